The summed E-state index contributed by atoms with van der Waals surface area (Å²) in [6.45, 7) is 9.25. The molecule has 1 heterocycles. The summed E-state index contributed by atoms with van der Waals surface area (Å²) >= 11 is 0. The van der Waals surface area contributed by atoms with Crippen LogP contribution in [0.15, 0.2) is 12.7 Å². The number of esters is 1. The third-order valence-corrected chi connectivity index (χ3v) is 3.59. The fourth-order valence-electron chi connectivity index (χ4n) is 2.57. The minimum Gasteiger partial charge on any atom is -0.463 e. The Morgan fingerprint density at radius 2 is 2.24 bits per heavy atom. The Morgan fingerprint density at radius 3 is 2.71 bits per heavy atom. The standard InChI is InChI=1S/C13H21NO3/c1-5-12(16)14-10(3)7-8-13(14,6-2)9-17-11(4)15/h5,10H,1,6-9H2,2-4H3/t10?,13-/m1/s1. The van der Waals surface area contributed by atoms with Gasteiger partial charge in [0.1, 0.15) is 6.61 Å². The zero-order valence-electron chi connectivity index (χ0n) is 10.9. The van der Waals surface area contributed by atoms with E-state index in [2.05, 4.69) is 6.58 Å². The largest absolute Gasteiger partial charge is 0.463 e. The van der Waals surface area contributed by atoms with E-state index in [1.165, 1.54) is 13.0 Å². The lowest BCUT2D eigenvalue weighted by Gasteiger charge is -2.38. The molecule has 1 rings (SSSR count). The first-order valence-electron chi connectivity index (χ1n) is 6.06. The molecule has 0 radical (unpaired) electrons. The molecule has 0 aromatic heterocycles. The van der Waals surface area contributed by atoms with Crippen LogP contribution in [0.5, 0.6) is 0 Å². The Labute approximate surface area is 103 Å². The Kier molecular flexibility index (Phi) is 4.32. The van der Waals surface area contributed by atoms with Crippen LogP contribution in [0, 0.1) is 0 Å². The maximum atomic E-state index is 11.9. The SMILES string of the molecule is C=CC(=O)N1C(C)CC[C@]1(CC)COC(C)=O. The van der Waals surface area contributed by atoms with Gasteiger partial charge in [-0.25, -0.2) is 0 Å². The van der Waals surface area contributed by atoms with E-state index in [1.54, 1.807) is 0 Å². The molecule has 1 amide bonds. The summed E-state index contributed by atoms with van der Waals surface area (Å²) in [4.78, 5) is 24.7. The molecule has 0 bridgehead atoms. The van der Waals surface area contributed by atoms with Crippen LogP contribution in [0.4, 0.5) is 0 Å². The Bertz CT molecular complexity index is 327. The molecule has 4 heteroatoms. The summed E-state index contributed by atoms with van der Waals surface area (Å²) in [5, 5.41) is 0. The molecule has 0 saturated carbocycles. The molecule has 2 atom stereocenters. The molecule has 1 saturated heterocycles. The number of nitrogens with zero attached hydrogens (tertiary/aromatic N) is 1. The molecule has 0 aromatic rings. The van der Waals surface area contributed by atoms with Gasteiger partial charge < -0.3 is 9.64 Å². The van der Waals surface area contributed by atoms with Crippen LogP contribution in [-0.4, -0.2) is 35.0 Å². The predicted molar refractivity (Wildman–Crippen MR) is 65.4 cm³/mol. The number of carbonyl (C=O) groups excluding carboxylic acids is 2. The molecule has 0 aromatic carbocycles. The molecule has 1 aliphatic rings. The van der Waals surface area contributed by atoms with E-state index in [4.69, 9.17) is 4.74 Å². The van der Waals surface area contributed by atoms with Crippen LogP contribution in [0.1, 0.15) is 40.0 Å². The van der Waals surface area contributed by atoms with Gasteiger partial charge in [0.15, 0.2) is 0 Å². The molecule has 96 valence electrons. The smallest absolute Gasteiger partial charge is 0.302 e. The van der Waals surface area contributed by atoms with E-state index in [-0.39, 0.29) is 30.1 Å². The fraction of sp³-hybridized carbons (Fsp3) is 0.692. The molecular weight excluding hydrogens is 218 g/mol. The lowest BCUT2D eigenvalue weighted by Crippen LogP contribution is -2.52. The Morgan fingerprint density at radius 1 is 1.59 bits per heavy atom. The van der Waals surface area contributed by atoms with Crippen LogP contribution >= 0.6 is 0 Å². The molecule has 1 fully saturated rings. The summed E-state index contributed by atoms with van der Waals surface area (Å²) < 4.78 is 5.13. The first kappa shape index (κ1) is 13.7. The third-order valence-electron chi connectivity index (χ3n) is 3.59. The van der Waals surface area contributed by atoms with Crippen molar-refractivity contribution in [2.45, 2.75) is 51.6 Å². The average molecular weight is 239 g/mol. The van der Waals surface area contributed by atoms with E-state index < -0.39 is 0 Å². The zero-order chi connectivity index (χ0) is 13.1. The summed E-state index contributed by atoms with van der Waals surface area (Å²) in [6.07, 6.45) is 3.93. The van der Waals surface area contributed by atoms with Gasteiger partial charge in [0.05, 0.1) is 5.54 Å². The van der Waals surface area contributed by atoms with E-state index in [9.17, 15) is 9.59 Å². The van der Waals surface area contributed by atoms with E-state index >= 15 is 0 Å². The fourth-order valence-corrected chi connectivity index (χ4v) is 2.57. The van der Waals surface area contributed by atoms with Crippen molar-refractivity contribution in [3.05, 3.63) is 12.7 Å². The van der Waals surface area contributed by atoms with Crippen molar-refractivity contribution in [2.24, 2.45) is 0 Å². The van der Waals surface area contributed by atoms with Crippen molar-refractivity contribution in [3.8, 4) is 0 Å². The Hall–Kier alpha value is -1.32. The highest BCUT2D eigenvalue weighted by molar-refractivity contribution is 5.88. The second-order valence-corrected chi connectivity index (χ2v) is 4.66. The highest BCUT2D eigenvalue weighted by Crippen LogP contribution is 2.37. The number of ether oxygens (including phenoxy) is 1. The van der Waals surface area contributed by atoms with Gasteiger partial charge in [0.2, 0.25) is 5.91 Å². The minimum atomic E-state index is -0.351. The third kappa shape index (κ3) is 2.68. The topological polar surface area (TPSA) is 46.6 Å². The number of hydrogen-bond donors (Lipinski definition) is 0. The van der Waals surface area contributed by atoms with Crippen molar-refractivity contribution in [3.63, 3.8) is 0 Å². The molecule has 4 nitrogen and oxygen atoms in total. The van der Waals surface area contributed by atoms with Crippen LogP contribution in [-0.2, 0) is 14.3 Å². The number of amides is 1. The second-order valence-electron chi connectivity index (χ2n) is 4.66. The minimum absolute atomic E-state index is 0.0796. The maximum absolute atomic E-state index is 11.9. The van der Waals surface area contributed by atoms with Crippen molar-refractivity contribution >= 4 is 11.9 Å². The van der Waals surface area contributed by atoms with Gasteiger partial charge >= 0.3 is 5.97 Å². The quantitative estimate of drug-likeness (QED) is 0.556. The number of rotatable bonds is 4. The summed E-state index contributed by atoms with van der Waals surface area (Å²) in [5.74, 6) is -0.382. The van der Waals surface area contributed by atoms with Crippen LogP contribution < -0.4 is 0 Å². The van der Waals surface area contributed by atoms with Gasteiger partial charge in [-0.1, -0.05) is 13.5 Å². The lowest BCUT2D eigenvalue weighted by atomic mass is 9.93. The molecule has 0 N–H and O–H groups in total. The molecule has 0 aliphatic carbocycles. The predicted octanol–water partition coefficient (Wildman–Crippen LogP) is 1.90. The monoisotopic (exact) mass is 239 g/mol. The average Bonchev–Trinajstić information content (AvgIpc) is 2.64. The van der Waals surface area contributed by atoms with Crippen LogP contribution in [0.3, 0.4) is 0 Å². The van der Waals surface area contributed by atoms with Gasteiger partial charge in [0.25, 0.3) is 0 Å². The highest BCUT2D eigenvalue weighted by atomic mass is 16.5. The number of likely N-dealkylation sites (tertiary alicyclic amines) is 1. The van der Waals surface area contributed by atoms with Crippen molar-refractivity contribution in [2.75, 3.05) is 6.61 Å². The maximum Gasteiger partial charge on any atom is 0.302 e. The lowest BCUT2D eigenvalue weighted by molar-refractivity contribution is -0.149. The number of carbonyl (C=O) groups is 2. The van der Waals surface area contributed by atoms with Crippen molar-refractivity contribution in [1.29, 1.82) is 0 Å². The molecule has 17 heavy (non-hydrogen) atoms. The van der Waals surface area contributed by atoms with E-state index in [0.29, 0.717) is 0 Å². The van der Waals surface area contributed by atoms with E-state index in [0.717, 1.165) is 19.3 Å². The highest BCUT2D eigenvalue weighted by Gasteiger charge is 2.46. The van der Waals surface area contributed by atoms with Gasteiger partial charge in [-0.15, -0.1) is 0 Å². The Balaban J connectivity index is 2.91. The van der Waals surface area contributed by atoms with Crippen LogP contribution in [0.25, 0.3) is 0 Å². The van der Waals surface area contributed by atoms with Gasteiger partial charge in [-0.05, 0) is 32.3 Å². The van der Waals surface area contributed by atoms with Gasteiger partial charge in [0, 0.05) is 13.0 Å². The first-order valence-corrected chi connectivity index (χ1v) is 6.06. The van der Waals surface area contributed by atoms with Crippen molar-refractivity contribution < 1.29 is 14.3 Å². The van der Waals surface area contributed by atoms with E-state index in [1.807, 2.05) is 18.7 Å². The number of hydrogen-bond acceptors (Lipinski definition) is 3. The molecule has 1 unspecified atom stereocenters. The summed E-state index contributed by atoms with van der Waals surface area (Å²) in [7, 11) is 0. The normalized spacial score (nSPS) is 27.9. The summed E-state index contributed by atoms with van der Waals surface area (Å²) in [6, 6.07) is 0.177. The molecular formula is C13H21NO3. The molecule has 0 spiro atoms. The first-order chi connectivity index (χ1) is 7.96. The van der Waals surface area contributed by atoms with Gasteiger partial charge in [-0.2, -0.15) is 0 Å². The zero-order valence-corrected chi connectivity index (χ0v) is 10.9. The molecule has 1 aliphatic heterocycles. The van der Waals surface area contributed by atoms with Gasteiger partial charge in [-0.3, -0.25) is 9.59 Å². The van der Waals surface area contributed by atoms with Crippen molar-refractivity contribution in [1.82, 2.24) is 4.90 Å². The second kappa shape index (κ2) is 5.34. The van der Waals surface area contributed by atoms with Crippen LogP contribution in [0.2, 0.25) is 0 Å². The summed E-state index contributed by atoms with van der Waals surface area (Å²) in [5.41, 5.74) is -0.351.